The normalized spacial score (nSPS) is 13.4. The number of hydrogen-bond donors (Lipinski definition) is 2. The van der Waals surface area contributed by atoms with E-state index in [1.165, 1.54) is 18.3 Å². The number of carbonyl (C=O) groups is 1. The van der Waals surface area contributed by atoms with Crippen LogP contribution in [0.1, 0.15) is 24.2 Å². The van der Waals surface area contributed by atoms with Gasteiger partial charge in [0.05, 0.1) is 17.7 Å². The molecule has 1 aromatic carbocycles. The summed E-state index contributed by atoms with van der Waals surface area (Å²) in [6, 6.07) is 3.55. The summed E-state index contributed by atoms with van der Waals surface area (Å²) in [6.07, 6.45) is -4.95. The van der Waals surface area contributed by atoms with E-state index in [-0.39, 0.29) is 23.1 Å². The highest BCUT2D eigenvalue weighted by atomic mass is 19.4. The van der Waals surface area contributed by atoms with Gasteiger partial charge >= 0.3 is 12.1 Å². The van der Waals surface area contributed by atoms with Crippen LogP contribution >= 0.6 is 0 Å². The number of ether oxygens (including phenoxy) is 1. The van der Waals surface area contributed by atoms with Gasteiger partial charge in [-0.1, -0.05) is 12.1 Å². The fourth-order valence-electron chi connectivity index (χ4n) is 1.99. The standard InChI is InChI=1S/C13H12F3NO3/c1-2-20-12(19)11(18)8-6-17-10-7(8)4-3-5-9(10)13(14,15)16/h3-6,11,17-18H,2H2,1H3. The van der Waals surface area contributed by atoms with E-state index in [0.29, 0.717) is 0 Å². The van der Waals surface area contributed by atoms with Crippen LogP contribution in [0, 0.1) is 0 Å². The molecule has 1 aromatic heterocycles. The Morgan fingerprint density at radius 3 is 2.75 bits per heavy atom. The highest BCUT2D eigenvalue weighted by Gasteiger charge is 2.34. The summed E-state index contributed by atoms with van der Waals surface area (Å²) in [6.45, 7) is 1.65. The van der Waals surface area contributed by atoms with E-state index in [1.807, 2.05) is 0 Å². The van der Waals surface area contributed by atoms with Crippen LogP contribution in [-0.4, -0.2) is 22.7 Å². The van der Waals surface area contributed by atoms with Crippen molar-refractivity contribution in [1.29, 1.82) is 0 Å². The third kappa shape index (κ3) is 2.49. The Morgan fingerprint density at radius 2 is 2.15 bits per heavy atom. The molecule has 0 spiro atoms. The Kier molecular flexibility index (Phi) is 3.71. The maximum absolute atomic E-state index is 12.8. The molecule has 4 nitrogen and oxygen atoms in total. The van der Waals surface area contributed by atoms with Crippen molar-refractivity contribution in [3.63, 3.8) is 0 Å². The molecular weight excluding hydrogens is 275 g/mol. The molecular formula is C13H12F3NO3. The van der Waals surface area contributed by atoms with E-state index >= 15 is 0 Å². The molecule has 2 rings (SSSR count). The quantitative estimate of drug-likeness (QED) is 0.853. The van der Waals surface area contributed by atoms with Crippen molar-refractivity contribution in [3.05, 3.63) is 35.5 Å². The van der Waals surface area contributed by atoms with Crippen LogP contribution in [0.5, 0.6) is 0 Å². The number of aliphatic hydroxyl groups excluding tert-OH is 1. The minimum absolute atomic E-state index is 0.0598. The number of H-pyrrole nitrogens is 1. The number of carbonyl (C=O) groups excluding carboxylic acids is 1. The van der Waals surface area contributed by atoms with Gasteiger partial charge in [-0.05, 0) is 13.0 Å². The van der Waals surface area contributed by atoms with Crippen LogP contribution in [0.3, 0.4) is 0 Å². The average molecular weight is 287 g/mol. The van der Waals surface area contributed by atoms with Gasteiger partial charge in [0.1, 0.15) is 0 Å². The second-order valence-electron chi connectivity index (χ2n) is 4.12. The highest BCUT2D eigenvalue weighted by molar-refractivity contribution is 5.91. The van der Waals surface area contributed by atoms with Crippen LogP contribution in [0.4, 0.5) is 13.2 Å². The van der Waals surface area contributed by atoms with E-state index in [2.05, 4.69) is 9.72 Å². The number of aromatic amines is 1. The van der Waals surface area contributed by atoms with Crippen molar-refractivity contribution >= 4 is 16.9 Å². The molecule has 0 aliphatic heterocycles. The van der Waals surface area contributed by atoms with E-state index in [4.69, 9.17) is 0 Å². The van der Waals surface area contributed by atoms with Crippen LogP contribution in [-0.2, 0) is 15.7 Å². The molecule has 0 amide bonds. The number of halogens is 3. The zero-order chi connectivity index (χ0) is 14.9. The van der Waals surface area contributed by atoms with Crippen LogP contribution < -0.4 is 0 Å². The first-order valence-corrected chi connectivity index (χ1v) is 5.88. The van der Waals surface area contributed by atoms with Crippen molar-refractivity contribution in [2.45, 2.75) is 19.2 Å². The molecule has 0 fully saturated rings. The van der Waals surface area contributed by atoms with Gasteiger partial charge in [-0.2, -0.15) is 13.2 Å². The largest absolute Gasteiger partial charge is 0.464 e. The van der Waals surface area contributed by atoms with Crippen molar-refractivity contribution in [3.8, 4) is 0 Å². The van der Waals surface area contributed by atoms with E-state index < -0.39 is 23.8 Å². The molecule has 108 valence electrons. The summed E-state index contributed by atoms with van der Waals surface area (Å²) in [5, 5.41) is 9.96. The number of rotatable bonds is 3. The summed E-state index contributed by atoms with van der Waals surface area (Å²) < 4.78 is 43.1. The smallest absolute Gasteiger partial charge is 0.418 e. The van der Waals surface area contributed by atoms with Crippen molar-refractivity contribution in [2.75, 3.05) is 6.61 Å². The molecule has 1 heterocycles. The van der Waals surface area contributed by atoms with Gasteiger partial charge < -0.3 is 14.8 Å². The zero-order valence-corrected chi connectivity index (χ0v) is 10.5. The number of nitrogens with one attached hydrogen (secondary N) is 1. The SMILES string of the molecule is CCOC(=O)C(O)c1c[nH]c2c(C(F)(F)F)cccc12. The number of alkyl halides is 3. The second-order valence-corrected chi connectivity index (χ2v) is 4.12. The van der Waals surface area contributed by atoms with E-state index in [0.717, 1.165) is 6.07 Å². The predicted octanol–water partition coefficient (Wildman–Crippen LogP) is 2.78. The molecule has 20 heavy (non-hydrogen) atoms. The molecule has 7 heteroatoms. The van der Waals surface area contributed by atoms with Crippen molar-refractivity contribution in [2.24, 2.45) is 0 Å². The van der Waals surface area contributed by atoms with Gasteiger partial charge in [0.15, 0.2) is 6.10 Å². The number of fused-ring (bicyclic) bond motifs is 1. The zero-order valence-electron chi connectivity index (χ0n) is 10.5. The summed E-state index contributed by atoms with van der Waals surface area (Å²) in [5.74, 6) is -0.897. The lowest BCUT2D eigenvalue weighted by atomic mass is 10.1. The van der Waals surface area contributed by atoms with Crippen LogP contribution in [0.25, 0.3) is 10.9 Å². The molecule has 0 saturated carbocycles. The molecule has 2 N–H and O–H groups in total. The molecule has 0 aliphatic rings. The maximum Gasteiger partial charge on any atom is 0.418 e. The summed E-state index contributed by atoms with van der Waals surface area (Å²) in [7, 11) is 0. The lowest BCUT2D eigenvalue weighted by Crippen LogP contribution is -2.15. The molecule has 0 aliphatic carbocycles. The van der Waals surface area contributed by atoms with Crippen molar-refractivity contribution in [1.82, 2.24) is 4.98 Å². The fourth-order valence-corrected chi connectivity index (χ4v) is 1.99. The first kappa shape index (κ1) is 14.4. The van der Waals surface area contributed by atoms with Gasteiger partial charge in [-0.3, -0.25) is 0 Å². The average Bonchev–Trinajstić information content (AvgIpc) is 2.80. The highest BCUT2D eigenvalue weighted by Crippen LogP contribution is 2.36. The second kappa shape index (κ2) is 5.16. The lowest BCUT2D eigenvalue weighted by molar-refractivity contribution is -0.153. The summed E-state index contributed by atoms with van der Waals surface area (Å²) in [4.78, 5) is 13.9. The Bertz CT molecular complexity index is 633. The molecule has 1 atom stereocenters. The minimum Gasteiger partial charge on any atom is -0.464 e. The maximum atomic E-state index is 12.8. The number of aliphatic hydroxyl groups is 1. The van der Waals surface area contributed by atoms with Crippen molar-refractivity contribution < 1.29 is 27.8 Å². The third-order valence-electron chi connectivity index (χ3n) is 2.86. The van der Waals surface area contributed by atoms with Gasteiger partial charge in [0.2, 0.25) is 0 Å². The molecule has 1 unspecified atom stereocenters. The Labute approximate surface area is 112 Å². The number of hydrogen-bond acceptors (Lipinski definition) is 3. The van der Waals surface area contributed by atoms with Gasteiger partial charge in [0.25, 0.3) is 0 Å². The molecule has 0 saturated heterocycles. The van der Waals surface area contributed by atoms with Crippen LogP contribution in [0.15, 0.2) is 24.4 Å². The minimum atomic E-state index is -4.52. The molecule has 2 aromatic rings. The predicted molar refractivity (Wildman–Crippen MR) is 64.9 cm³/mol. The molecule has 0 radical (unpaired) electrons. The monoisotopic (exact) mass is 287 g/mol. The van der Waals surface area contributed by atoms with E-state index in [1.54, 1.807) is 6.92 Å². The topological polar surface area (TPSA) is 62.3 Å². The first-order valence-electron chi connectivity index (χ1n) is 5.88. The Hall–Kier alpha value is -2.02. The first-order chi connectivity index (χ1) is 9.36. The summed E-state index contributed by atoms with van der Waals surface area (Å²) >= 11 is 0. The number of aromatic nitrogens is 1. The van der Waals surface area contributed by atoms with Gasteiger partial charge in [-0.15, -0.1) is 0 Å². The Morgan fingerprint density at radius 1 is 1.45 bits per heavy atom. The Balaban J connectivity index is 2.51. The van der Waals surface area contributed by atoms with E-state index in [9.17, 15) is 23.1 Å². The number of para-hydroxylation sites is 1. The molecule has 0 bridgehead atoms. The number of esters is 1. The lowest BCUT2D eigenvalue weighted by Gasteiger charge is -2.10. The van der Waals surface area contributed by atoms with Gasteiger partial charge in [0, 0.05) is 17.1 Å². The fraction of sp³-hybridized carbons (Fsp3) is 0.308. The summed E-state index contributed by atoms with van der Waals surface area (Å²) in [5.41, 5.74) is -0.958. The van der Waals surface area contributed by atoms with Crippen LogP contribution in [0.2, 0.25) is 0 Å². The van der Waals surface area contributed by atoms with Gasteiger partial charge in [-0.25, -0.2) is 4.79 Å². The number of benzene rings is 1. The third-order valence-corrected chi connectivity index (χ3v) is 2.86.